The molecule has 0 bridgehead atoms. The quantitative estimate of drug-likeness (QED) is 0.590. The van der Waals surface area contributed by atoms with Crippen LogP contribution in [0.25, 0.3) is 5.83 Å². The van der Waals surface area contributed by atoms with Crippen molar-refractivity contribution in [2.45, 2.75) is 6.42 Å². The minimum atomic E-state index is -0.277. The van der Waals surface area contributed by atoms with E-state index < -0.39 is 0 Å². The van der Waals surface area contributed by atoms with Gasteiger partial charge in [-0.2, -0.15) is 0 Å². The predicted molar refractivity (Wildman–Crippen MR) is 42.4 cm³/mol. The molecule has 0 saturated carbocycles. The summed E-state index contributed by atoms with van der Waals surface area (Å²) in [6.07, 6.45) is 4.11. The molecule has 2 nitrogen and oxygen atoms in total. The Morgan fingerprint density at radius 2 is 2.42 bits per heavy atom. The predicted octanol–water partition coefficient (Wildman–Crippen LogP) is 1.76. The Morgan fingerprint density at radius 3 is 3.17 bits per heavy atom. The molecular weight excluding hydrogens is 157 g/mol. The van der Waals surface area contributed by atoms with E-state index in [-0.39, 0.29) is 5.83 Å². The Morgan fingerprint density at radius 1 is 1.58 bits per heavy atom. The van der Waals surface area contributed by atoms with Crippen molar-refractivity contribution in [2.24, 2.45) is 0 Å². The molecule has 0 aliphatic heterocycles. The van der Waals surface area contributed by atoms with Crippen LogP contribution >= 0.6 is 0 Å². The Labute approximate surface area is 68.7 Å². The number of fused-ring (bicyclic) bond motifs is 1. The van der Waals surface area contributed by atoms with Gasteiger partial charge in [-0.1, -0.05) is 0 Å². The number of aromatic nitrogens is 1. The van der Waals surface area contributed by atoms with E-state index >= 15 is 0 Å². The van der Waals surface area contributed by atoms with Gasteiger partial charge >= 0.3 is 0 Å². The van der Waals surface area contributed by atoms with Crippen molar-refractivity contribution in [3.05, 3.63) is 35.2 Å². The second-order valence-electron chi connectivity index (χ2n) is 2.64. The number of allylic oxidation sites excluding steroid dienone is 1. The third-order valence-electron chi connectivity index (χ3n) is 1.86. The first-order chi connectivity index (χ1) is 5.81. The molecular formula is C9H6FNO. The minimum Gasteiger partial charge on any atom is -0.298 e. The zero-order valence-electron chi connectivity index (χ0n) is 6.25. The highest BCUT2D eigenvalue weighted by atomic mass is 19.1. The van der Waals surface area contributed by atoms with Crippen LogP contribution in [0.3, 0.4) is 0 Å². The van der Waals surface area contributed by atoms with Gasteiger partial charge in [-0.25, -0.2) is 4.39 Å². The molecule has 1 heterocycles. The zero-order chi connectivity index (χ0) is 8.55. The summed E-state index contributed by atoms with van der Waals surface area (Å²) in [4.78, 5) is 14.3. The molecule has 2 rings (SSSR count). The van der Waals surface area contributed by atoms with Gasteiger partial charge in [0.15, 0.2) is 6.29 Å². The summed E-state index contributed by atoms with van der Waals surface area (Å²) in [5.41, 5.74) is 1.58. The lowest BCUT2D eigenvalue weighted by Gasteiger charge is -1.97. The van der Waals surface area contributed by atoms with Crippen molar-refractivity contribution >= 4 is 12.1 Å². The molecule has 60 valence electrons. The minimum absolute atomic E-state index is 0.277. The smallest absolute Gasteiger partial charge is 0.151 e. The van der Waals surface area contributed by atoms with E-state index in [4.69, 9.17) is 0 Å². The molecule has 0 unspecified atom stereocenters. The van der Waals surface area contributed by atoms with Crippen LogP contribution in [-0.2, 0) is 6.42 Å². The highest BCUT2D eigenvalue weighted by Crippen LogP contribution is 2.26. The summed E-state index contributed by atoms with van der Waals surface area (Å²) in [5, 5.41) is 0. The lowest BCUT2D eigenvalue weighted by atomic mass is 10.2. The molecule has 0 fully saturated rings. The van der Waals surface area contributed by atoms with E-state index in [0.29, 0.717) is 29.5 Å². The molecule has 0 spiro atoms. The fourth-order valence-corrected chi connectivity index (χ4v) is 1.24. The van der Waals surface area contributed by atoms with E-state index in [2.05, 4.69) is 4.98 Å². The molecule has 1 aromatic rings. The van der Waals surface area contributed by atoms with Gasteiger partial charge in [-0.05, 0) is 12.1 Å². The average molecular weight is 163 g/mol. The molecule has 3 heteroatoms. The fourth-order valence-electron chi connectivity index (χ4n) is 1.24. The first-order valence-corrected chi connectivity index (χ1v) is 3.61. The number of nitrogens with zero attached hydrogens (tertiary/aromatic N) is 1. The van der Waals surface area contributed by atoms with Gasteiger partial charge < -0.3 is 0 Å². The lowest BCUT2D eigenvalue weighted by molar-refractivity contribution is 0.112. The van der Waals surface area contributed by atoms with E-state index in [0.717, 1.165) is 0 Å². The Kier molecular flexibility index (Phi) is 1.50. The number of hydrogen-bond donors (Lipinski definition) is 0. The van der Waals surface area contributed by atoms with Crippen LogP contribution in [-0.4, -0.2) is 11.3 Å². The van der Waals surface area contributed by atoms with Gasteiger partial charge in [0.05, 0.1) is 5.69 Å². The fraction of sp³-hybridized carbons (Fsp3) is 0.111. The normalized spacial score (nSPS) is 13.9. The van der Waals surface area contributed by atoms with E-state index in [1.807, 2.05) is 0 Å². The van der Waals surface area contributed by atoms with E-state index in [9.17, 15) is 9.18 Å². The van der Waals surface area contributed by atoms with E-state index in [1.54, 1.807) is 0 Å². The van der Waals surface area contributed by atoms with Gasteiger partial charge in [-0.15, -0.1) is 0 Å². The second-order valence-corrected chi connectivity index (χ2v) is 2.64. The van der Waals surface area contributed by atoms with Crippen LogP contribution < -0.4 is 0 Å². The van der Waals surface area contributed by atoms with Gasteiger partial charge in [0.2, 0.25) is 0 Å². The van der Waals surface area contributed by atoms with Gasteiger partial charge in [0.25, 0.3) is 0 Å². The molecule has 0 amide bonds. The Bertz CT molecular complexity index is 371. The lowest BCUT2D eigenvalue weighted by Crippen LogP contribution is -1.91. The SMILES string of the molecule is O=Cc1cnc2c(c1)C(F)=CC2. The number of aldehydes is 1. The van der Waals surface area contributed by atoms with Gasteiger partial charge in [0, 0.05) is 23.7 Å². The molecule has 0 N–H and O–H groups in total. The van der Waals surface area contributed by atoms with Crippen LogP contribution in [0.1, 0.15) is 21.6 Å². The second kappa shape index (κ2) is 2.52. The number of rotatable bonds is 1. The van der Waals surface area contributed by atoms with Gasteiger partial charge in [0.1, 0.15) is 5.83 Å². The maximum Gasteiger partial charge on any atom is 0.151 e. The number of halogens is 1. The van der Waals surface area contributed by atoms with Crippen LogP contribution in [0.4, 0.5) is 4.39 Å². The van der Waals surface area contributed by atoms with Crippen molar-refractivity contribution in [1.29, 1.82) is 0 Å². The average Bonchev–Trinajstić information content (AvgIpc) is 2.47. The van der Waals surface area contributed by atoms with Gasteiger partial charge in [-0.3, -0.25) is 9.78 Å². The molecule has 1 aliphatic carbocycles. The third-order valence-corrected chi connectivity index (χ3v) is 1.86. The summed E-state index contributed by atoms with van der Waals surface area (Å²) in [6.45, 7) is 0. The van der Waals surface area contributed by atoms with Crippen LogP contribution in [0, 0.1) is 0 Å². The highest BCUT2D eigenvalue weighted by Gasteiger charge is 2.14. The summed E-state index contributed by atoms with van der Waals surface area (Å²) >= 11 is 0. The molecule has 0 radical (unpaired) electrons. The highest BCUT2D eigenvalue weighted by molar-refractivity contribution is 5.78. The molecule has 1 aliphatic rings. The Balaban J connectivity index is 2.57. The third kappa shape index (κ3) is 0.942. The van der Waals surface area contributed by atoms with Crippen molar-refractivity contribution in [1.82, 2.24) is 4.98 Å². The monoisotopic (exact) mass is 163 g/mol. The van der Waals surface area contributed by atoms with Crippen molar-refractivity contribution < 1.29 is 9.18 Å². The first-order valence-electron chi connectivity index (χ1n) is 3.61. The largest absolute Gasteiger partial charge is 0.298 e. The molecule has 0 aromatic carbocycles. The number of carbonyl (C=O) groups excluding carboxylic acids is 1. The summed E-state index contributed by atoms with van der Waals surface area (Å²) in [5.74, 6) is -0.277. The molecule has 1 aromatic heterocycles. The van der Waals surface area contributed by atoms with Crippen LogP contribution in [0.15, 0.2) is 18.3 Å². The number of hydrogen-bond acceptors (Lipinski definition) is 2. The van der Waals surface area contributed by atoms with Crippen LogP contribution in [0.2, 0.25) is 0 Å². The van der Waals surface area contributed by atoms with Crippen molar-refractivity contribution in [3.8, 4) is 0 Å². The first kappa shape index (κ1) is 7.16. The summed E-state index contributed by atoms with van der Waals surface area (Å²) < 4.78 is 12.9. The van der Waals surface area contributed by atoms with Crippen LogP contribution in [0.5, 0.6) is 0 Å². The van der Waals surface area contributed by atoms with Crippen molar-refractivity contribution in [3.63, 3.8) is 0 Å². The topological polar surface area (TPSA) is 30.0 Å². The van der Waals surface area contributed by atoms with E-state index in [1.165, 1.54) is 18.3 Å². The zero-order valence-corrected chi connectivity index (χ0v) is 6.25. The maximum absolute atomic E-state index is 12.9. The maximum atomic E-state index is 12.9. The summed E-state index contributed by atoms with van der Waals surface area (Å²) in [7, 11) is 0. The number of pyridine rings is 1. The number of carbonyl (C=O) groups is 1. The summed E-state index contributed by atoms with van der Waals surface area (Å²) in [6, 6.07) is 1.52. The molecule has 0 atom stereocenters. The molecule has 0 saturated heterocycles. The Hall–Kier alpha value is -1.51. The van der Waals surface area contributed by atoms with Crippen molar-refractivity contribution in [2.75, 3.05) is 0 Å². The standard InChI is InChI=1S/C9H6FNO/c10-8-1-2-9-7(8)3-6(5-12)4-11-9/h1,3-5H,2H2. The molecule has 12 heavy (non-hydrogen) atoms.